The number of hydrazone groups is 1. The molecule has 8 heteroatoms. The van der Waals surface area contributed by atoms with Crippen molar-refractivity contribution in [3.8, 4) is 0 Å². The van der Waals surface area contributed by atoms with Crippen LogP contribution in [0.1, 0.15) is 15.9 Å². The zero-order valence-corrected chi connectivity index (χ0v) is 13.1. The van der Waals surface area contributed by atoms with Crippen LogP contribution in [-0.4, -0.2) is 78.8 Å². The quantitative estimate of drug-likeness (QED) is 0.804. The van der Waals surface area contributed by atoms with Crippen LogP contribution < -0.4 is 0 Å². The molecular formula is C16H19N3O5. The highest BCUT2D eigenvalue weighted by Crippen LogP contribution is 2.14. The van der Waals surface area contributed by atoms with E-state index in [0.29, 0.717) is 31.9 Å². The molecule has 0 aromatic heterocycles. The summed E-state index contributed by atoms with van der Waals surface area (Å²) in [6.45, 7) is 4.17. The van der Waals surface area contributed by atoms with Crippen LogP contribution >= 0.6 is 0 Å². The van der Waals surface area contributed by atoms with Gasteiger partial charge in [-0.05, 0) is 17.7 Å². The van der Waals surface area contributed by atoms with Gasteiger partial charge in [0.05, 0.1) is 31.5 Å². The predicted octanol–water partition coefficient (Wildman–Crippen LogP) is 0.872. The van der Waals surface area contributed by atoms with E-state index in [9.17, 15) is 9.59 Å². The number of benzene rings is 1. The van der Waals surface area contributed by atoms with Gasteiger partial charge in [-0.1, -0.05) is 12.1 Å². The molecule has 2 aliphatic rings. The van der Waals surface area contributed by atoms with E-state index in [2.05, 4.69) is 10.0 Å². The molecule has 1 aromatic rings. The number of carboxylic acids is 1. The Balaban J connectivity index is 1.54. The summed E-state index contributed by atoms with van der Waals surface area (Å²) >= 11 is 0. The molecule has 1 unspecified atom stereocenters. The number of carbonyl (C=O) groups is 2. The maximum atomic E-state index is 11.9. The average molecular weight is 333 g/mol. The van der Waals surface area contributed by atoms with Crippen LogP contribution in [0.15, 0.2) is 29.4 Å². The highest BCUT2D eigenvalue weighted by atomic mass is 16.6. The summed E-state index contributed by atoms with van der Waals surface area (Å²) in [5.74, 6) is -0.979. The smallest absolute Gasteiger partial charge is 0.430 e. The topological polar surface area (TPSA) is 91.7 Å². The zero-order chi connectivity index (χ0) is 16.9. The molecule has 3 rings (SSSR count). The Morgan fingerprint density at radius 2 is 2.00 bits per heavy atom. The van der Waals surface area contributed by atoms with Crippen LogP contribution in [0.25, 0.3) is 0 Å². The first-order valence-electron chi connectivity index (χ1n) is 7.77. The Morgan fingerprint density at radius 3 is 2.67 bits per heavy atom. The second kappa shape index (κ2) is 7.41. The molecule has 0 bridgehead atoms. The van der Waals surface area contributed by atoms with Crippen LogP contribution in [0, 0.1) is 0 Å². The number of amides is 1. The number of nitrogens with zero attached hydrogens (tertiary/aromatic N) is 3. The Kier molecular flexibility index (Phi) is 5.07. The van der Waals surface area contributed by atoms with Crippen molar-refractivity contribution in [2.24, 2.45) is 5.10 Å². The summed E-state index contributed by atoms with van der Waals surface area (Å²) in [6.07, 6.45) is 0.845. The normalized spacial score (nSPS) is 22.1. The molecule has 0 radical (unpaired) electrons. The van der Waals surface area contributed by atoms with E-state index in [4.69, 9.17) is 14.6 Å². The number of carboxylic acid groups (broad SMARTS) is 1. The van der Waals surface area contributed by atoms with Gasteiger partial charge in [0.2, 0.25) is 0 Å². The SMILES string of the molecule is O=C(O)c1ccc(/C=N/N2CC(CN3CCOCC3)OC2=O)cc1. The summed E-state index contributed by atoms with van der Waals surface area (Å²) in [5, 5.41) is 14.3. The van der Waals surface area contributed by atoms with E-state index in [1.807, 2.05) is 0 Å². The predicted molar refractivity (Wildman–Crippen MR) is 85.2 cm³/mol. The number of hydrogen-bond donors (Lipinski definition) is 1. The van der Waals surface area contributed by atoms with E-state index >= 15 is 0 Å². The third-order valence-corrected chi connectivity index (χ3v) is 3.92. The van der Waals surface area contributed by atoms with Crippen molar-refractivity contribution in [2.45, 2.75) is 6.10 Å². The number of morpholine rings is 1. The maximum absolute atomic E-state index is 11.9. The van der Waals surface area contributed by atoms with Crippen molar-refractivity contribution < 1.29 is 24.2 Å². The van der Waals surface area contributed by atoms with Crippen LogP contribution in [0.5, 0.6) is 0 Å². The Bertz CT molecular complexity index is 625. The summed E-state index contributed by atoms with van der Waals surface area (Å²) in [7, 11) is 0. The minimum absolute atomic E-state index is 0.206. The minimum atomic E-state index is -0.979. The highest BCUT2D eigenvalue weighted by Gasteiger charge is 2.32. The van der Waals surface area contributed by atoms with Gasteiger partial charge < -0.3 is 14.6 Å². The average Bonchev–Trinajstić information content (AvgIpc) is 2.93. The Morgan fingerprint density at radius 1 is 1.29 bits per heavy atom. The van der Waals surface area contributed by atoms with Crippen molar-refractivity contribution >= 4 is 18.3 Å². The second-order valence-electron chi connectivity index (χ2n) is 5.67. The van der Waals surface area contributed by atoms with Crippen LogP contribution in [0.4, 0.5) is 4.79 Å². The fourth-order valence-corrected chi connectivity index (χ4v) is 2.62. The van der Waals surface area contributed by atoms with Gasteiger partial charge in [-0.3, -0.25) is 4.90 Å². The molecule has 2 saturated heterocycles. The molecule has 0 aliphatic carbocycles. The van der Waals surface area contributed by atoms with Gasteiger partial charge in [-0.2, -0.15) is 10.1 Å². The van der Waals surface area contributed by atoms with Gasteiger partial charge in [0, 0.05) is 19.6 Å². The van der Waals surface area contributed by atoms with Crippen molar-refractivity contribution in [1.82, 2.24) is 9.91 Å². The number of rotatable bonds is 5. The molecule has 0 spiro atoms. The molecule has 0 saturated carbocycles. The first-order valence-corrected chi connectivity index (χ1v) is 7.77. The van der Waals surface area contributed by atoms with E-state index < -0.39 is 12.1 Å². The summed E-state index contributed by atoms with van der Waals surface area (Å²) in [6, 6.07) is 6.26. The molecule has 8 nitrogen and oxygen atoms in total. The van der Waals surface area contributed by atoms with Gasteiger partial charge in [-0.15, -0.1) is 0 Å². The zero-order valence-electron chi connectivity index (χ0n) is 13.1. The number of ether oxygens (including phenoxy) is 2. The molecule has 1 amide bonds. The number of carbonyl (C=O) groups excluding carboxylic acids is 1. The van der Waals surface area contributed by atoms with Gasteiger partial charge >= 0.3 is 12.1 Å². The lowest BCUT2D eigenvalue weighted by Gasteiger charge is -2.27. The minimum Gasteiger partial charge on any atom is -0.478 e. The summed E-state index contributed by atoms with van der Waals surface area (Å²) < 4.78 is 10.6. The van der Waals surface area contributed by atoms with Crippen molar-refractivity contribution in [1.29, 1.82) is 0 Å². The first kappa shape index (κ1) is 16.4. The number of hydrogen-bond acceptors (Lipinski definition) is 6. The highest BCUT2D eigenvalue weighted by molar-refractivity contribution is 5.89. The molecule has 24 heavy (non-hydrogen) atoms. The molecule has 1 N–H and O–H groups in total. The third kappa shape index (κ3) is 4.09. The van der Waals surface area contributed by atoms with Gasteiger partial charge in [0.15, 0.2) is 0 Å². The number of cyclic esters (lactones) is 1. The molecule has 128 valence electrons. The molecule has 1 atom stereocenters. The standard InChI is InChI=1S/C16H19N3O5/c20-15(21)13-3-1-12(2-4-13)9-17-19-11-14(24-16(19)22)10-18-5-7-23-8-6-18/h1-4,9,14H,5-8,10-11H2,(H,20,21)/b17-9+. The molecule has 2 heterocycles. The third-order valence-electron chi connectivity index (χ3n) is 3.92. The fraction of sp³-hybridized carbons (Fsp3) is 0.438. The Labute approximate surface area is 139 Å². The molecule has 2 fully saturated rings. The van der Waals surface area contributed by atoms with E-state index in [0.717, 1.165) is 13.1 Å². The monoisotopic (exact) mass is 333 g/mol. The molecular weight excluding hydrogens is 314 g/mol. The van der Waals surface area contributed by atoms with E-state index in [1.165, 1.54) is 23.4 Å². The van der Waals surface area contributed by atoms with E-state index in [-0.39, 0.29) is 11.7 Å². The molecule has 1 aromatic carbocycles. The summed E-state index contributed by atoms with van der Waals surface area (Å²) in [4.78, 5) is 24.9. The Hall–Kier alpha value is -2.45. The van der Waals surface area contributed by atoms with Crippen LogP contribution in [-0.2, 0) is 9.47 Å². The lowest BCUT2D eigenvalue weighted by Crippen LogP contribution is -2.41. The van der Waals surface area contributed by atoms with Crippen molar-refractivity contribution in [3.05, 3.63) is 35.4 Å². The maximum Gasteiger partial charge on any atom is 0.430 e. The second-order valence-corrected chi connectivity index (χ2v) is 5.67. The molecule has 2 aliphatic heterocycles. The largest absolute Gasteiger partial charge is 0.478 e. The van der Waals surface area contributed by atoms with Crippen LogP contribution in [0.3, 0.4) is 0 Å². The fourth-order valence-electron chi connectivity index (χ4n) is 2.62. The van der Waals surface area contributed by atoms with Crippen molar-refractivity contribution in [2.75, 3.05) is 39.4 Å². The lowest BCUT2D eigenvalue weighted by atomic mass is 10.1. The van der Waals surface area contributed by atoms with Gasteiger partial charge in [0.1, 0.15) is 6.10 Å². The lowest BCUT2D eigenvalue weighted by molar-refractivity contribution is 0.0188. The van der Waals surface area contributed by atoms with E-state index in [1.54, 1.807) is 12.1 Å². The first-order chi connectivity index (χ1) is 11.6. The summed E-state index contributed by atoms with van der Waals surface area (Å²) in [5.41, 5.74) is 0.919. The van der Waals surface area contributed by atoms with Crippen LogP contribution in [0.2, 0.25) is 0 Å². The van der Waals surface area contributed by atoms with Gasteiger partial charge in [0.25, 0.3) is 0 Å². The number of aromatic carboxylic acids is 1. The van der Waals surface area contributed by atoms with Crippen molar-refractivity contribution in [3.63, 3.8) is 0 Å². The van der Waals surface area contributed by atoms with Gasteiger partial charge in [-0.25, -0.2) is 9.59 Å².